The molecule has 4 aromatic rings. The van der Waals surface area contributed by atoms with Crippen LogP contribution in [0, 0.1) is 6.92 Å². The van der Waals surface area contributed by atoms with Crippen molar-refractivity contribution in [1.29, 1.82) is 0 Å². The Morgan fingerprint density at radius 2 is 1.85 bits per heavy atom. The minimum absolute atomic E-state index is 0.0859. The minimum Gasteiger partial charge on any atom is -0.491 e. The van der Waals surface area contributed by atoms with E-state index in [1.54, 1.807) is 29.0 Å². The lowest BCUT2D eigenvalue weighted by Crippen LogP contribution is -2.06. The number of benzene rings is 3. The van der Waals surface area contributed by atoms with Crippen molar-refractivity contribution in [2.75, 3.05) is 0 Å². The van der Waals surface area contributed by atoms with Gasteiger partial charge in [-0.1, -0.05) is 29.8 Å². The number of Topliss-reactive ketones (excluding diaryl/α,β-unsaturated/α-hetero) is 1. The third-order valence-electron chi connectivity index (χ3n) is 5.49. The Kier molecular flexibility index (Phi) is 5.72. The van der Waals surface area contributed by atoms with E-state index in [4.69, 9.17) is 26.2 Å². The lowest BCUT2D eigenvalue weighted by atomic mass is 10.0. The van der Waals surface area contributed by atoms with Crippen molar-refractivity contribution in [2.45, 2.75) is 26.9 Å². The van der Waals surface area contributed by atoms with Crippen LogP contribution >= 0.6 is 11.6 Å². The Bertz CT molecular complexity index is 1420. The normalized spacial score (nSPS) is 13.9. The third kappa shape index (κ3) is 4.22. The van der Waals surface area contributed by atoms with Gasteiger partial charge in [0.1, 0.15) is 17.2 Å². The molecule has 0 bridgehead atoms. The SMILES string of the molecule is Cc1cc(-c2nn(-c3ccccc3)cc2/C=C2\Oc3ccc(Cl)cc3C2=O)ccc1OC(C)C. The fourth-order valence-electron chi connectivity index (χ4n) is 3.92. The number of carbonyl (C=O) groups is 1. The molecule has 0 aliphatic carbocycles. The lowest BCUT2D eigenvalue weighted by molar-refractivity contribution is 0.101. The Morgan fingerprint density at radius 1 is 1.06 bits per heavy atom. The van der Waals surface area contributed by atoms with E-state index in [0.717, 1.165) is 33.8 Å². The van der Waals surface area contributed by atoms with E-state index in [1.165, 1.54) is 0 Å². The van der Waals surface area contributed by atoms with Gasteiger partial charge in [0.2, 0.25) is 5.78 Å². The number of hydrogen-bond acceptors (Lipinski definition) is 4. The van der Waals surface area contributed by atoms with Crippen LogP contribution in [0.3, 0.4) is 0 Å². The van der Waals surface area contributed by atoms with Crippen LogP contribution in [0.2, 0.25) is 5.02 Å². The summed E-state index contributed by atoms with van der Waals surface area (Å²) < 4.78 is 13.6. The molecule has 5 rings (SSSR count). The highest BCUT2D eigenvalue weighted by Crippen LogP contribution is 2.35. The molecule has 0 saturated carbocycles. The molecule has 0 radical (unpaired) electrons. The van der Waals surface area contributed by atoms with Crippen LogP contribution in [0.4, 0.5) is 0 Å². The summed E-state index contributed by atoms with van der Waals surface area (Å²) in [5, 5.41) is 5.35. The highest BCUT2D eigenvalue weighted by Gasteiger charge is 2.28. The maximum atomic E-state index is 13.0. The second kappa shape index (κ2) is 8.84. The fraction of sp³-hybridized carbons (Fsp3) is 0.143. The molecular weight excluding hydrogens is 448 g/mol. The van der Waals surface area contributed by atoms with E-state index >= 15 is 0 Å². The summed E-state index contributed by atoms with van der Waals surface area (Å²) >= 11 is 6.08. The number of allylic oxidation sites excluding steroid dienone is 1. The summed E-state index contributed by atoms with van der Waals surface area (Å²) in [6, 6.07) is 20.9. The number of aryl methyl sites for hydroxylation is 1. The van der Waals surface area contributed by atoms with E-state index in [9.17, 15) is 4.79 Å². The van der Waals surface area contributed by atoms with Crippen molar-refractivity contribution >= 4 is 23.5 Å². The highest BCUT2D eigenvalue weighted by molar-refractivity contribution is 6.31. The number of ether oxygens (including phenoxy) is 2. The molecule has 170 valence electrons. The predicted octanol–water partition coefficient (Wildman–Crippen LogP) is 6.90. The molecule has 0 N–H and O–H groups in total. The molecule has 2 heterocycles. The average molecular weight is 471 g/mol. The summed E-state index contributed by atoms with van der Waals surface area (Å²) in [5.74, 6) is 1.38. The molecule has 0 saturated heterocycles. The van der Waals surface area contributed by atoms with Gasteiger partial charge >= 0.3 is 0 Å². The Labute approximate surface area is 203 Å². The van der Waals surface area contributed by atoms with E-state index in [1.807, 2.05) is 75.5 Å². The van der Waals surface area contributed by atoms with Gasteiger partial charge in [-0.05, 0) is 80.9 Å². The Morgan fingerprint density at radius 3 is 2.59 bits per heavy atom. The summed E-state index contributed by atoms with van der Waals surface area (Å²) in [6.45, 7) is 6.02. The maximum absolute atomic E-state index is 13.0. The number of nitrogens with zero attached hydrogens (tertiary/aromatic N) is 2. The van der Waals surface area contributed by atoms with Crippen LogP contribution in [0.25, 0.3) is 23.0 Å². The number of halogens is 1. The minimum atomic E-state index is -0.201. The molecule has 0 spiro atoms. The molecule has 0 amide bonds. The standard InChI is InChI=1S/C28H23ClN2O3/c1-17(2)33-24-11-9-19(13-18(24)3)27-20(16-31(30-27)22-7-5-4-6-8-22)14-26-28(32)23-15-21(29)10-12-25(23)34-26/h4-17H,1-3H3/b26-14-. The summed E-state index contributed by atoms with van der Waals surface area (Å²) in [4.78, 5) is 13.0. The summed E-state index contributed by atoms with van der Waals surface area (Å²) in [6.07, 6.45) is 3.73. The first kappa shape index (κ1) is 22.0. The molecule has 0 atom stereocenters. The third-order valence-corrected chi connectivity index (χ3v) is 5.73. The number of para-hydroxylation sites is 1. The van der Waals surface area contributed by atoms with Gasteiger partial charge < -0.3 is 9.47 Å². The number of aromatic nitrogens is 2. The molecule has 6 heteroatoms. The van der Waals surface area contributed by atoms with Gasteiger partial charge in [-0.3, -0.25) is 4.79 Å². The number of fused-ring (bicyclic) bond motifs is 1. The predicted molar refractivity (Wildman–Crippen MR) is 134 cm³/mol. The summed E-state index contributed by atoms with van der Waals surface area (Å²) in [7, 11) is 0. The first-order valence-electron chi connectivity index (χ1n) is 11.1. The van der Waals surface area contributed by atoms with Crippen molar-refractivity contribution in [3.8, 4) is 28.4 Å². The van der Waals surface area contributed by atoms with Gasteiger partial charge in [-0.15, -0.1) is 0 Å². The molecule has 0 fully saturated rings. The van der Waals surface area contributed by atoms with Crippen LogP contribution < -0.4 is 9.47 Å². The van der Waals surface area contributed by atoms with Gasteiger partial charge in [-0.2, -0.15) is 5.10 Å². The van der Waals surface area contributed by atoms with Crippen molar-refractivity contribution in [2.24, 2.45) is 0 Å². The van der Waals surface area contributed by atoms with Gasteiger partial charge in [0.15, 0.2) is 5.76 Å². The number of rotatable bonds is 5. The molecular formula is C28H23ClN2O3. The van der Waals surface area contributed by atoms with Crippen molar-refractivity contribution in [1.82, 2.24) is 9.78 Å². The van der Waals surface area contributed by atoms with Gasteiger partial charge in [-0.25, -0.2) is 4.68 Å². The summed E-state index contributed by atoms with van der Waals surface area (Å²) in [5.41, 5.74) is 4.81. The Balaban J connectivity index is 1.60. The zero-order valence-corrected chi connectivity index (χ0v) is 19.8. The van der Waals surface area contributed by atoms with Crippen LogP contribution in [0.15, 0.2) is 78.7 Å². The second-order valence-corrected chi connectivity index (χ2v) is 8.88. The van der Waals surface area contributed by atoms with Gasteiger partial charge in [0.05, 0.1) is 17.4 Å². The smallest absolute Gasteiger partial charge is 0.232 e. The van der Waals surface area contributed by atoms with E-state index in [-0.39, 0.29) is 17.6 Å². The highest BCUT2D eigenvalue weighted by atomic mass is 35.5. The van der Waals surface area contributed by atoms with Crippen molar-refractivity contribution < 1.29 is 14.3 Å². The lowest BCUT2D eigenvalue weighted by Gasteiger charge is -2.13. The molecule has 34 heavy (non-hydrogen) atoms. The molecule has 1 aliphatic heterocycles. The van der Waals surface area contributed by atoms with Crippen LogP contribution in [-0.4, -0.2) is 21.7 Å². The number of ketones is 1. The molecule has 5 nitrogen and oxygen atoms in total. The van der Waals surface area contributed by atoms with Crippen LogP contribution in [-0.2, 0) is 0 Å². The first-order valence-corrected chi connectivity index (χ1v) is 11.4. The second-order valence-electron chi connectivity index (χ2n) is 8.44. The van der Waals surface area contributed by atoms with E-state index < -0.39 is 0 Å². The van der Waals surface area contributed by atoms with E-state index in [2.05, 4.69) is 0 Å². The average Bonchev–Trinajstić information content (AvgIpc) is 3.37. The van der Waals surface area contributed by atoms with Crippen LogP contribution in [0.1, 0.15) is 35.3 Å². The van der Waals surface area contributed by atoms with Crippen molar-refractivity contribution in [3.63, 3.8) is 0 Å². The fourth-order valence-corrected chi connectivity index (χ4v) is 4.09. The number of carbonyl (C=O) groups excluding carboxylic acids is 1. The molecule has 1 aromatic heterocycles. The molecule has 1 aliphatic rings. The molecule has 3 aromatic carbocycles. The number of hydrogen-bond donors (Lipinski definition) is 0. The van der Waals surface area contributed by atoms with E-state index in [0.29, 0.717) is 16.3 Å². The molecule has 0 unspecified atom stereocenters. The maximum Gasteiger partial charge on any atom is 0.232 e. The van der Waals surface area contributed by atoms with Crippen molar-refractivity contribution in [3.05, 3.63) is 100 Å². The van der Waals surface area contributed by atoms with Crippen LogP contribution in [0.5, 0.6) is 11.5 Å². The quantitative estimate of drug-likeness (QED) is 0.297. The van der Waals surface area contributed by atoms with Gasteiger partial charge in [0.25, 0.3) is 0 Å². The topological polar surface area (TPSA) is 53.4 Å². The zero-order valence-electron chi connectivity index (χ0n) is 19.1. The largest absolute Gasteiger partial charge is 0.491 e. The Hall–Kier alpha value is -3.83. The monoisotopic (exact) mass is 470 g/mol. The van der Waals surface area contributed by atoms with Gasteiger partial charge in [0, 0.05) is 22.3 Å². The first-order chi connectivity index (χ1) is 16.4. The zero-order chi connectivity index (χ0) is 23.8.